The van der Waals surface area contributed by atoms with Gasteiger partial charge in [0.05, 0.1) is 6.54 Å². The van der Waals surface area contributed by atoms with Gasteiger partial charge in [-0.25, -0.2) is 4.99 Å². The number of carbonyl (C=O) groups is 1. The summed E-state index contributed by atoms with van der Waals surface area (Å²) in [6, 6.07) is 9.40. The van der Waals surface area contributed by atoms with Crippen molar-refractivity contribution in [3.63, 3.8) is 0 Å². The number of guanidine groups is 1. The number of nitrogens with two attached hydrogens (primary N) is 1. The Labute approximate surface area is 147 Å². The molecule has 1 amide bonds. The van der Waals surface area contributed by atoms with Gasteiger partial charge in [0.25, 0.3) is 0 Å². The summed E-state index contributed by atoms with van der Waals surface area (Å²) in [7, 11) is 0. The molecule has 2 rings (SSSR count). The van der Waals surface area contributed by atoms with Gasteiger partial charge in [-0.05, 0) is 52.9 Å². The Morgan fingerprint density at radius 3 is 2.83 bits per heavy atom. The van der Waals surface area contributed by atoms with Crippen LogP contribution in [0.4, 0.5) is 0 Å². The highest BCUT2D eigenvalue weighted by Crippen LogP contribution is 2.17. The third-order valence-electron chi connectivity index (χ3n) is 3.66. The normalized spacial score (nSPS) is 12.7. The van der Waals surface area contributed by atoms with E-state index >= 15 is 0 Å². The largest absolute Gasteiger partial charge is 0.366 e. The molecule has 1 heterocycles. The maximum atomic E-state index is 11.2. The molecule has 0 saturated carbocycles. The molecule has 1 atom stereocenters. The van der Waals surface area contributed by atoms with E-state index in [-0.39, 0.29) is 0 Å². The number of nitrogens with zero attached hydrogens (tertiary/aromatic N) is 1. The Hall–Kier alpha value is -2.34. The zero-order valence-corrected chi connectivity index (χ0v) is 14.9. The predicted octanol–water partition coefficient (Wildman–Crippen LogP) is 2.71. The number of benzene rings is 1. The average Bonchev–Trinajstić information content (AvgIpc) is 3.12. The summed E-state index contributed by atoms with van der Waals surface area (Å²) in [5.41, 5.74) is 8.11. The van der Waals surface area contributed by atoms with Gasteiger partial charge >= 0.3 is 0 Å². The number of primary amides is 1. The summed E-state index contributed by atoms with van der Waals surface area (Å²) in [4.78, 5) is 15.8. The van der Waals surface area contributed by atoms with Crippen molar-refractivity contribution >= 4 is 23.2 Å². The van der Waals surface area contributed by atoms with Crippen molar-refractivity contribution in [1.82, 2.24) is 10.6 Å². The van der Waals surface area contributed by atoms with E-state index in [0.717, 1.165) is 24.6 Å². The van der Waals surface area contributed by atoms with Crippen LogP contribution in [0.25, 0.3) is 0 Å². The number of aliphatic imine (C=N–C) groups is 1. The van der Waals surface area contributed by atoms with Crippen LogP contribution in [-0.2, 0) is 6.54 Å². The van der Waals surface area contributed by atoms with E-state index in [0.29, 0.717) is 18.0 Å². The van der Waals surface area contributed by atoms with Crippen molar-refractivity contribution in [2.75, 3.05) is 13.1 Å². The molecule has 4 N–H and O–H groups in total. The predicted molar refractivity (Wildman–Crippen MR) is 101 cm³/mol. The highest BCUT2D eigenvalue weighted by Gasteiger charge is 2.07. The molecule has 5 nitrogen and oxygen atoms in total. The second-order valence-corrected chi connectivity index (χ2v) is 6.38. The molecule has 2 aromatic rings. The van der Waals surface area contributed by atoms with Gasteiger partial charge in [-0.15, -0.1) is 0 Å². The number of thiophene rings is 1. The first kappa shape index (κ1) is 18.0. The van der Waals surface area contributed by atoms with E-state index in [4.69, 9.17) is 5.73 Å². The highest BCUT2D eigenvalue weighted by molar-refractivity contribution is 7.07. The summed E-state index contributed by atoms with van der Waals surface area (Å²) < 4.78 is 0. The molecule has 0 fully saturated rings. The molecule has 0 saturated heterocycles. The van der Waals surface area contributed by atoms with Crippen LogP contribution < -0.4 is 16.4 Å². The minimum Gasteiger partial charge on any atom is -0.366 e. The molecule has 128 valence electrons. The highest BCUT2D eigenvalue weighted by atomic mass is 32.1. The third kappa shape index (κ3) is 5.38. The fourth-order valence-corrected chi connectivity index (χ4v) is 3.04. The Balaban J connectivity index is 1.97. The van der Waals surface area contributed by atoms with E-state index in [1.165, 1.54) is 5.56 Å². The van der Waals surface area contributed by atoms with E-state index in [1.54, 1.807) is 23.5 Å². The second kappa shape index (κ2) is 9.08. The van der Waals surface area contributed by atoms with Crippen LogP contribution >= 0.6 is 11.3 Å². The summed E-state index contributed by atoms with van der Waals surface area (Å²) in [6.45, 7) is 6.31. The van der Waals surface area contributed by atoms with Crippen LogP contribution in [0.15, 0.2) is 46.1 Å². The molecule has 0 spiro atoms. The number of carbonyl (C=O) groups excluding carboxylic acids is 1. The lowest BCUT2D eigenvalue weighted by atomic mass is 10.1. The van der Waals surface area contributed by atoms with Gasteiger partial charge in [0.2, 0.25) is 5.91 Å². The molecule has 6 heteroatoms. The number of rotatable bonds is 7. The molecular formula is C18H24N4OS. The third-order valence-corrected chi connectivity index (χ3v) is 4.36. The minimum atomic E-state index is -0.421. The van der Waals surface area contributed by atoms with Gasteiger partial charge in [0.15, 0.2) is 5.96 Å². The van der Waals surface area contributed by atoms with Crippen molar-refractivity contribution in [2.45, 2.75) is 26.3 Å². The Kier molecular flexibility index (Phi) is 6.81. The topological polar surface area (TPSA) is 79.5 Å². The summed E-state index contributed by atoms with van der Waals surface area (Å²) in [5.74, 6) is 0.762. The van der Waals surface area contributed by atoms with Crippen molar-refractivity contribution in [2.24, 2.45) is 10.7 Å². The van der Waals surface area contributed by atoms with Gasteiger partial charge in [0, 0.05) is 18.7 Å². The van der Waals surface area contributed by atoms with Crippen LogP contribution in [-0.4, -0.2) is 25.0 Å². The first-order chi connectivity index (χ1) is 11.6. The fourth-order valence-electron chi connectivity index (χ4n) is 2.26. The number of hydrogen-bond acceptors (Lipinski definition) is 3. The Bertz CT molecular complexity index is 682. The van der Waals surface area contributed by atoms with Crippen molar-refractivity contribution in [3.8, 4) is 0 Å². The lowest BCUT2D eigenvalue weighted by Gasteiger charge is -2.15. The molecule has 0 aliphatic carbocycles. The van der Waals surface area contributed by atoms with Crippen molar-refractivity contribution in [3.05, 3.63) is 57.8 Å². The van der Waals surface area contributed by atoms with Crippen LogP contribution in [0.5, 0.6) is 0 Å². The van der Waals surface area contributed by atoms with Crippen LogP contribution in [0.1, 0.15) is 41.3 Å². The lowest BCUT2D eigenvalue weighted by Crippen LogP contribution is -2.39. The first-order valence-corrected chi connectivity index (χ1v) is 8.97. The first-order valence-electron chi connectivity index (χ1n) is 8.03. The Morgan fingerprint density at radius 2 is 2.17 bits per heavy atom. The zero-order chi connectivity index (χ0) is 17.4. The van der Waals surface area contributed by atoms with Gasteiger partial charge in [0.1, 0.15) is 0 Å². The van der Waals surface area contributed by atoms with Gasteiger partial charge in [-0.3, -0.25) is 4.79 Å². The fraction of sp³-hybridized carbons (Fsp3) is 0.333. The van der Waals surface area contributed by atoms with Crippen LogP contribution in [0.2, 0.25) is 0 Å². The second-order valence-electron chi connectivity index (χ2n) is 5.60. The molecule has 1 aromatic carbocycles. The molecular weight excluding hydrogens is 320 g/mol. The minimum absolute atomic E-state index is 0.415. The van der Waals surface area contributed by atoms with E-state index in [9.17, 15) is 4.79 Å². The van der Waals surface area contributed by atoms with Crippen molar-refractivity contribution < 1.29 is 4.79 Å². The van der Waals surface area contributed by atoms with Crippen molar-refractivity contribution in [1.29, 1.82) is 0 Å². The molecule has 1 unspecified atom stereocenters. The van der Waals surface area contributed by atoms with Crippen LogP contribution in [0, 0.1) is 0 Å². The molecule has 0 bridgehead atoms. The average molecular weight is 344 g/mol. The Morgan fingerprint density at radius 1 is 1.33 bits per heavy atom. The molecule has 0 radical (unpaired) electrons. The number of hydrogen-bond donors (Lipinski definition) is 3. The quantitative estimate of drug-likeness (QED) is 0.534. The van der Waals surface area contributed by atoms with Gasteiger partial charge < -0.3 is 16.4 Å². The van der Waals surface area contributed by atoms with E-state index in [2.05, 4.69) is 39.4 Å². The lowest BCUT2D eigenvalue weighted by molar-refractivity contribution is 0.1000. The summed E-state index contributed by atoms with van der Waals surface area (Å²) in [5, 5.41) is 10.9. The molecule has 1 aromatic heterocycles. The monoisotopic (exact) mass is 344 g/mol. The zero-order valence-electron chi connectivity index (χ0n) is 14.1. The maximum Gasteiger partial charge on any atom is 0.248 e. The number of nitrogens with one attached hydrogen (secondary N) is 2. The SMILES string of the molecule is CCNC(=NCc1cccc(C(N)=O)c1)NCC(C)c1ccsc1. The smallest absolute Gasteiger partial charge is 0.248 e. The molecule has 0 aliphatic heterocycles. The standard InChI is InChI=1S/C18H24N4OS/c1-3-20-18(21-10-13(2)16-7-8-24-12-16)22-11-14-5-4-6-15(9-14)17(19)23/h4-9,12-13H,3,10-11H2,1-2H3,(H2,19,23)(H2,20,21,22). The number of amides is 1. The van der Waals surface area contributed by atoms with Crippen LogP contribution in [0.3, 0.4) is 0 Å². The van der Waals surface area contributed by atoms with Gasteiger partial charge in [-0.2, -0.15) is 11.3 Å². The molecule has 24 heavy (non-hydrogen) atoms. The molecule has 0 aliphatic rings. The van der Waals surface area contributed by atoms with Gasteiger partial charge in [-0.1, -0.05) is 19.1 Å². The van der Waals surface area contributed by atoms with E-state index < -0.39 is 5.91 Å². The maximum absolute atomic E-state index is 11.2. The summed E-state index contributed by atoms with van der Waals surface area (Å²) >= 11 is 1.71. The van der Waals surface area contributed by atoms with E-state index in [1.807, 2.05) is 19.1 Å². The summed E-state index contributed by atoms with van der Waals surface area (Å²) in [6.07, 6.45) is 0.